The zero-order chi connectivity index (χ0) is 21.0. The molecule has 0 aliphatic carbocycles. The fourth-order valence-corrected chi connectivity index (χ4v) is 4.45. The Hall–Kier alpha value is -1.96. The molecule has 0 atom stereocenters. The highest BCUT2D eigenvalue weighted by molar-refractivity contribution is 9.10. The van der Waals surface area contributed by atoms with E-state index in [1.807, 2.05) is 26.0 Å². The van der Waals surface area contributed by atoms with Crippen molar-refractivity contribution in [3.63, 3.8) is 0 Å². The lowest BCUT2D eigenvalue weighted by Crippen LogP contribution is -2.27. The molecule has 1 heterocycles. The van der Waals surface area contributed by atoms with Gasteiger partial charge in [-0.05, 0) is 83.0 Å². The van der Waals surface area contributed by atoms with E-state index in [9.17, 15) is 9.59 Å². The molecule has 8 heteroatoms. The zero-order valence-corrected chi connectivity index (χ0v) is 19.1. The average molecular weight is 497 g/mol. The second-order valence-electron chi connectivity index (χ2n) is 6.09. The Bertz CT molecular complexity index is 979. The van der Waals surface area contributed by atoms with Gasteiger partial charge in [0.2, 0.25) is 0 Å². The van der Waals surface area contributed by atoms with Gasteiger partial charge in [-0.3, -0.25) is 14.5 Å². The monoisotopic (exact) mass is 495 g/mol. The molecule has 0 radical (unpaired) electrons. The van der Waals surface area contributed by atoms with Gasteiger partial charge in [-0.25, -0.2) is 0 Å². The van der Waals surface area contributed by atoms with Crippen LogP contribution in [0.3, 0.4) is 0 Å². The van der Waals surface area contributed by atoms with Gasteiger partial charge in [-0.15, -0.1) is 0 Å². The summed E-state index contributed by atoms with van der Waals surface area (Å²) in [6, 6.07) is 10.7. The quantitative estimate of drug-likeness (QED) is 0.431. The summed E-state index contributed by atoms with van der Waals surface area (Å²) in [5, 5.41) is 0.254. The summed E-state index contributed by atoms with van der Waals surface area (Å²) >= 11 is 10.4. The first kappa shape index (κ1) is 21.7. The molecule has 1 saturated heterocycles. The van der Waals surface area contributed by atoms with Crippen LogP contribution >= 0.6 is 39.3 Å². The highest BCUT2D eigenvalue weighted by Gasteiger charge is 2.35. The number of benzene rings is 2. The maximum Gasteiger partial charge on any atom is 0.293 e. The molecule has 0 N–H and O–H groups in total. The Morgan fingerprint density at radius 3 is 2.59 bits per heavy atom. The lowest BCUT2D eigenvalue weighted by atomic mass is 10.1. The number of nitrogens with zero attached hydrogens (tertiary/aromatic N) is 1. The lowest BCUT2D eigenvalue weighted by molar-refractivity contribution is -0.123. The van der Waals surface area contributed by atoms with Crippen molar-refractivity contribution in [1.82, 2.24) is 4.90 Å². The second-order valence-corrected chi connectivity index (χ2v) is 8.38. The molecule has 2 amide bonds. The van der Waals surface area contributed by atoms with Gasteiger partial charge in [0.25, 0.3) is 11.1 Å². The average Bonchev–Trinajstić information content (AvgIpc) is 2.92. The van der Waals surface area contributed by atoms with E-state index in [-0.39, 0.29) is 17.7 Å². The van der Waals surface area contributed by atoms with Gasteiger partial charge in [-0.1, -0.05) is 23.7 Å². The smallest absolute Gasteiger partial charge is 0.293 e. The molecule has 3 rings (SSSR count). The van der Waals surface area contributed by atoms with E-state index < -0.39 is 0 Å². The van der Waals surface area contributed by atoms with Gasteiger partial charge in [0.05, 0.1) is 29.1 Å². The van der Waals surface area contributed by atoms with E-state index in [0.29, 0.717) is 34.6 Å². The predicted octanol–water partition coefficient (Wildman–Crippen LogP) is 6.14. The van der Waals surface area contributed by atoms with Crippen LogP contribution in [0.1, 0.15) is 25.0 Å². The molecule has 1 aliphatic rings. The summed E-state index contributed by atoms with van der Waals surface area (Å²) in [5.74, 6) is 0.858. The van der Waals surface area contributed by atoms with Gasteiger partial charge < -0.3 is 9.47 Å². The summed E-state index contributed by atoms with van der Waals surface area (Å²) in [6.07, 6.45) is 1.69. The number of rotatable bonds is 7. The van der Waals surface area contributed by atoms with E-state index in [0.717, 1.165) is 27.4 Å². The Morgan fingerprint density at radius 2 is 1.90 bits per heavy atom. The van der Waals surface area contributed by atoms with Crippen LogP contribution in [-0.4, -0.2) is 29.3 Å². The van der Waals surface area contributed by atoms with E-state index in [4.69, 9.17) is 21.1 Å². The van der Waals surface area contributed by atoms with Crippen molar-refractivity contribution in [2.75, 3.05) is 13.2 Å². The molecule has 0 unspecified atom stereocenters. The van der Waals surface area contributed by atoms with E-state index in [1.54, 1.807) is 30.3 Å². The van der Waals surface area contributed by atoms with Crippen LogP contribution in [0.5, 0.6) is 11.5 Å². The largest absolute Gasteiger partial charge is 0.490 e. The van der Waals surface area contributed by atoms with Gasteiger partial charge in [0, 0.05) is 5.02 Å². The molecule has 29 heavy (non-hydrogen) atoms. The maximum absolute atomic E-state index is 12.8. The first-order valence-electron chi connectivity index (χ1n) is 9.01. The van der Waals surface area contributed by atoms with Crippen LogP contribution in [0, 0.1) is 0 Å². The fourth-order valence-electron chi connectivity index (χ4n) is 2.82. The standard InChI is InChI=1S/C21H19BrClNO4S/c1-3-27-17-10-14(9-16(22)19(17)28-4-2)11-18-20(25)24(21(26)29-18)12-13-6-5-7-15(23)8-13/h5-11H,3-4,12H2,1-2H3/b18-11-. The molecule has 0 aromatic heterocycles. The first-order valence-corrected chi connectivity index (χ1v) is 11.0. The third-order valence-corrected chi connectivity index (χ3v) is 5.75. The fraction of sp³-hybridized carbons (Fsp3) is 0.238. The van der Waals surface area contributed by atoms with Crippen LogP contribution in [0.2, 0.25) is 5.02 Å². The highest BCUT2D eigenvalue weighted by atomic mass is 79.9. The molecule has 0 spiro atoms. The van der Waals surface area contributed by atoms with Crippen molar-refractivity contribution in [3.05, 3.63) is 61.9 Å². The van der Waals surface area contributed by atoms with Crippen LogP contribution in [-0.2, 0) is 11.3 Å². The number of hydrogen-bond donors (Lipinski definition) is 0. The normalized spacial score (nSPS) is 15.3. The van der Waals surface area contributed by atoms with Crippen LogP contribution < -0.4 is 9.47 Å². The molecule has 1 aliphatic heterocycles. The summed E-state index contributed by atoms with van der Waals surface area (Å²) < 4.78 is 12.0. The van der Waals surface area contributed by atoms with Crippen molar-refractivity contribution >= 4 is 56.5 Å². The van der Waals surface area contributed by atoms with Crippen molar-refractivity contribution in [2.45, 2.75) is 20.4 Å². The molecule has 0 bridgehead atoms. The predicted molar refractivity (Wildman–Crippen MR) is 119 cm³/mol. The van der Waals surface area contributed by atoms with Gasteiger partial charge >= 0.3 is 0 Å². The summed E-state index contributed by atoms with van der Waals surface area (Å²) in [5.41, 5.74) is 1.53. The molecule has 1 fully saturated rings. The molecule has 152 valence electrons. The number of hydrogen-bond acceptors (Lipinski definition) is 5. The summed E-state index contributed by atoms with van der Waals surface area (Å²) in [6.45, 7) is 4.94. The third-order valence-electron chi connectivity index (χ3n) is 4.02. The third kappa shape index (κ3) is 5.15. The number of amides is 2. The number of halogens is 2. The molecule has 5 nitrogen and oxygen atoms in total. The number of carbonyl (C=O) groups is 2. The number of thioether (sulfide) groups is 1. The number of ether oxygens (including phenoxy) is 2. The summed E-state index contributed by atoms with van der Waals surface area (Å²) in [4.78, 5) is 26.8. The minimum atomic E-state index is -0.331. The van der Waals surface area contributed by atoms with Crippen LogP contribution in [0.4, 0.5) is 4.79 Å². The Labute approximate surface area is 187 Å². The van der Waals surface area contributed by atoms with Gasteiger partial charge in [0.1, 0.15) is 0 Å². The SMILES string of the molecule is CCOc1cc(/C=C2\SC(=O)N(Cc3cccc(Cl)c3)C2=O)cc(Br)c1OCC. The first-order chi connectivity index (χ1) is 13.9. The lowest BCUT2D eigenvalue weighted by Gasteiger charge is -2.14. The molecule has 0 saturated carbocycles. The van der Waals surface area contributed by atoms with Crippen molar-refractivity contribution in [2.24, 2.45) is 0 Å². The van der Waals surface area contributed by atoms with Gasteiger partial charge in [0.15, 0.2) is 11.5 Å². The van der Waals surface area contributed by atoms with Gasteiger partial charge in [-0.2, -0.15) is 0 Å². The zero-order valence-electron chi connectivity index (χ0n) is 15.9. The van der Waals surface area contributed by atoms with E-state index in [1.165, 1.54) is 4.90 Å². The van der Waals surface area contributed by atoms with Crippen LogP contribution in [0.15, 0.2) is 45.8 Å². The minimum absolute atomic E-state index is 0.180. The van der Waals surface area contributed by atoms with Crippen molar-refractivity contribution in [1.29, 1.82) is 0 Å². The van der Waals surface area contributed by atoms with Crippen molar-refractivity contribution < 1.29 is 19.1 Å². The molecule has 2 aromatic rings. The second kappa shape index (κ2) is 9.69. The topological polar surface area (TPSA) is 55.8 Å². The Kier molecular flexibility index (Phi) is 7.27. The summed E-state index contributed by atoms with van der Waals surface area (Å²) in [7, 11) is 0. The minimum Gasteiger partial charge on any atom is -0.490 e. The van der Waals surface area contributed by atoms with E-state index >= 15 is 0 Å². The molecular formula is C21H19BrClNO4S. The number of imide groups is 1. The molecule has 2 aromatic carbocycles. The Balaban J connectivity index is 1.87. The highest BCUT2D eigenvalue weighted by Crippen LogP contribution is 2.39. The Morgan fingerprint density at radius 1 is 1.14 bits per heavy atom. The maximum atomic E-state index is 12.8. The van der Waals surface area contributed by atoms with Crippen LogP contribution in [0.25, 0.3) is 6.08 Å². The number of carbonyl (C=O) groups excluding carboxylic acids is 2. The van der Waals surface area contributed by atoms with Crippen molar-refractivity contribution in [3.8, 4) is 11.5 Å². The van der Waals surface area contributed by atoms with E-state index in [2.05, 4.69) is 15.9 Å². The molecular weight excluding hydrogens is 478 g/mol.